The van der Waals surface area contributed by atoms with Gasteiger partial charge in [0.2, 0.25) is 11.8 Å². The molecular weight excluding hydrogens is 222 g/mol. The van der Waals surface area contributed by atoms with Crippen molar-refractivity contribution in [1.29, 1.82) is 0 Å². The second-order valence-electron chi connectivity index (χ2n) is 4.65. The highest BCUT2D eigenvalue weighted by Crippen LogP contribution is 2.27. The Morgan fingerprint density at radius 3 is 2.82 bits per heavy atom. The number of nitrogens with one attached hydrogen (secondary N) is 1. The van der Waals surface area contributed by atoms with Gasteiger partial charge in [0.1, 0.15) is 6.04 Å². The molecule has 2 aliphatic rings. The third-order valence-corrected chi connectivity index (χ3v) is 3.18. The monoisotopic (exact) mass is 241 g/mol. The van der Waals surface area contributed by atoms with Crippen molar-refractivity contribution in [3.8, 4) is 0 Å². The first kappa shape index (κ1) is 12.3. The van der Waals surface area contributed by atoms with Crippen LogP contribution in [0.5, 0.6) is 0 Å². The predicted octanol–water partition coefficient (Wildman–Crippen LogP) is -1.30. The molecule has 3 N–H and O–H groups in total. The van der Waals surface area contributed by atoms with Gasteiger partial charge in [-0.2, -0.15) is 0 Å². The van der Waals surface area contributed by atoms with E-state index in [-0.39, 0.29) is 19.1 Å². The summed E-state index contributed by atoms with van der Waals surface area (Å²) in [6.45, 7) is 2.29. The van der Waals surface area contributed by atoms with Gasteiger partial charge in [0.25, 0.3) is 0 Å². The van der Waals surface area contributed by atoms with Crippen molar-refractivity contribution in [2.75, 3.05) is 32.8 Å². The molecule has 0 spiro atoms. The van der Waals surface area contributed by atoms with E-state index in [4.69, 9.17) is 10.5 Å². The number of nitrogens with two attached hydrogens (primary N) is 1. The molecule has 17 heavy (non-hydrogen) atoms. The van der Waals surface area contributed by atoms with Crippen LogP contribution in [-0.4, -0.2) is 55.6 Å². The SMILES string of the molecule is NC(=O)C1COCCN1C(=O)CNCC1CC1. The summed E-state index contributed by atoms with van der Waals surface area (Å²) in [5.41, 5.74) is 5.25. The summed E-state index contributed by atoms with van der Waals surface area (Å²) in [5.74, 6) is 0.164. The Morgan fingerprint density at radius 1 is 1.41 bits per heavy atom. The number of amides is 2. The zero-order chi connectivity index (χ0) is 12.3. The third-order valence-electron chi connectivity index (χ3n) is 3.18. The molecule has 96 valence electrons. The van der Waals surface area contributed by atoms with Crippen molar-refractivity contribution < 1.29 is 14.3 Å². The largest absolute Gasteiger partial charge is 0.377 e. The molecule has 1 unspecified atom stereocenters. The van der Waals surface area contributed by atoms with Crippen LogP contribution in [0.2, 0.25) is 0 Å². The average Bonchev–Trinajstić information content (AvgIpc) is 3.13. The highest BCUT2D eigenvalue weighted by Gasteiger charge is 2.31. The zero-order valence-corrected chi connectivity index (χ0v) is 9.85. The number of primary amides is 1. The Labute approximate surface area is 100 Å². The molecule has 0 aromatic rings. The molecule has 2 rings (SSSR count). The standard InChI is InChI=1S/C11H19N3O3/c12-11(16)9-7-17-4-3-14(9)10(15)6-13-5-8-1-2-8/h8-9,13H,1-7H2,(H2,12,16). The molecule has 1 saturated carbocycles. The van der Waals surface area contributed by atoms with Crippen molar-refractivity contribution >= 4 is 11.8 Å². The predicted molar refractivity (Wildman–Crippen MR) is 61.1 cm³/mol. The molecule has 1 heterocycles. The summed E-state index contributed by atoms with van der Waals surface area (Å²) in [7, 11) is 0. The van der Waals surface area contributed by atoms with Crippen molar-refractivity contribution in [3.63, 3.8) is 0 Å². The number of hydrogen-bond acceptors (Lipinski definition) is 4. The van der Waals surface area contributed by atoms with Crippen LogP contribution in [0.25, 0.3) is 0 Å². The van der Waals surface area contributed by atoms with E-state index in [1.807, 2.05) is 0 Å². The van der Waals surface area contributed by atoms with Crippen LogP contribution in [0, 0.1) is 5.92 Å². The van der Waals surface area contributed by atoms with E-state index in [2.05, 4.69) is 5.32 Å². The van der Waals surface area contributed by atoms with E-state index in [9.17, 15) is 9.59 Å². The normalized spacial score (nSPS) is 24.7. The van der Waals surface area contributed by atoms with E-state index in [1.54, 1.807) is 0 Å². The van der Waals surface area contributed by atoms with Crippen LogP contribution in [0.4, 0.5) is 0 Å². The fraction of sp³-hybridized carbons (Fsp3) is 0.818. The second kappa shape index (κ2) is 5.46. The van der Waals surface area contributed by atoms with Gasteiger partial charge < -0.3 is 20.7 Å². The quantitative estimate of drug-likeness (QED) is 0.626. The molecule has 2 amide bonds. The summed E-state index contributed by atoms with van der Waals surface area (Å²) in [6.07, 6.45) is 2.51. The molecule has 6 heteroatoms. The van der Waals surface area contributed by atoms with Crippen LogP contribution < -0.4 is 11.1 Å². The van der Waals surface area contributed by atoms with E-state index < -0.39 is 11.9 Å². The Hall–Kier alpha value is -1.14. The first-order valence-electron chi connectivity index (χ1n) is 6.05. The average molecular weight is 241 g/mol. The van der Waals surface area contributed by atoms with Crippen LogP contribution >= 0.6 is 0 Å². The maximum atomic E-state index is 11.9. The third kappa shape index (κ3) is 3.41. The molecular formula is C11H19N3O3. The molecule has 0 aromatic carbocycles. The number of ether oxygens (including phenoxy) is 1. The van der Waals surface area contributed by atoms with Gasteiger partial charge in [0.15, 0.2) is 0 Å². The van der Waals surface area contributed by atoms with Crippen molar-refractivity contribution in [1.82, 2.24) is 10.2 Å². The lowest BCUT2D eigenvalue weighted by molar-refractivity contribution is -0.146. The van der Waals surface area contributed by atoms with Gasteiger partial charge in [0, 0.05) is 6.54 Å². The summed E-state index contributed by atoms with van der Waals surface area (Å²) < 4.78 is 5.16. The Bertz CT molecular complexity index is 304. The number of hydrogen-bond donors (Lipinski definition) is 2. The molecule has 0 radical (unpaired) electrons. The lowest BCUT2D eigenvalue weighted by Crippen LogP contribution is -2.56. The number of carbonyl (C=O) groups is 2. The number of carbonyl (C=O) groups excluding carboxylic acids is 2. The molecule has 1 aliphatic carbocycles. The molecule has 2 fully saturated rings. The molecule has 1 atom stereocenters. The maximum Gasteiger partial charge on any atom is 0.242 e. The topological polar surface area (TPSA) is 84.7 Å². The first-order chi connectivity index (χ1) is 8.18. The molecule has 6 nitrogen and oxygen atoms in total. The lowest BCUT2D eigenvalue weighted by atomic mass is 10.2. The van der Waals surface area contributed by atoms with E-state index >= 15 is 0 Å². The minimum absolute atomic E-state index is 0.0715. The molecule has 1 saturated heterocycles. The molecule has 0 aromatic heterocycles. The van der Waals surface area contributed by atoms with E-state index in [1.165, 1.54) is 17.7 Å². The highest BCUT2D eigenvalue weighted by molar-refractivity contribution is 5.87. The zero-order valence-electron chi connectivity index (χ0n) is 9.85. The number of morpholine rings is 1. The second-order valence-corrected chi connectivity index (χ2v) is 4.65. The Kier molecular flexibility index (Phi) is 3.96. The van der Waals surface area contributed by atoms with Crippen LogP contribution in [0.1, 0.15) is 12.8 Å². The van der Waals surface area contributed by atoms with E-state index in [0.717, 1.165) is 12.5 Å². The van der Waals surface area contributed by atoms with E-state index in [0.29, 0.717) is 13.2 Å². The minimum atomic E-state index is -0.612. The van der Waals surface area contributed by atoms with Gasteiger partial charge in [-0.05, 0) is 25.3 Å². The summed E-state index contributed by atoms with van der Waals surface area (Å²) >= 11 is 0. The van der Waals surface area contributed by atoms with Crippen LogP contribution in [0.15, 0.2) is 0 Å². The minimum Gasteiger partial charge on any atom is -0.377 e. The first-order valence-corrected chi connectivity index (χ1v) is 6.05. The van der Waals surface area contributed by atoms with Crippen molar-refractivity contribution in [2.45, 2.75) is 18.9 Å². The fourth-order valence-electron chi connectivity index (χ4n) is 1.94. The summed E-state index contributed by atoms with van der Waals surface area (Å²) in [6, 6.07) is -0.612. The summed E-state index contributed by atoms with van der Waals surface area (Å²) in [4.78, 5) is 24.6. The van der Waals surface area contributed by atoms with Gasteiger partial charge in [-0.3, -0.25) is 9.59 Å². The lowest BCUT2D eigenvalue weighted by Gasteiger charge is -2.33. The van der Waals surface area contributed by atoms with Gasteiger partial charge in [-0.1, -0.05) is 0 Å². The molecule has 0 bridgehead atoms. The van der Waals surface area contributed by atoms with Gasteiger partial charge >= 0.3 is 0 Å². The van der Waals surface area contributed by atoms with Crippen molar-refractivity contribution in [2.24, 2.45) is 11.7 Å². The maximum absolute atomic E-state index is 11.9. The van der Waals surface area contributed by atoms with Gasteiger partial charge in [0.05, 0.1) is 19.8 Å². The van der Waals surface area contributed by atoms with Crippen LogP contribution in [0.3, 0.4) is 0 Å². The van der Waals surface area contributed by atoms with Crippen molar-refractivity contribution in [3.05, 3.63) is 0 Å². The van der Waals surface area contributed by atoms with Crippen LogP contribution in [-0.2, 0) is 14.3 Å². The highest BCUT2D eigenvalue weighted by atomic mass is 16.5. The fourth-order valence-corrected chi connectivity index (χ4v) is 1.94. The summed E-state index contributed by atoms with van der Waals surface area (Å²) in [5, 5.41) is 3.12. The Morgan fingerprint density at radius 2 is 2.18 bits per heavy atom. The number of rotatable bonds is 5. The molecule has 1 aliphatic heterocycles. The van der Waals surface area contributed by atoms with Gasteiger partial charge in [-0.25, -0.2) is 0 Å². The smallest absolute Gasteiger partial charge is 0.242 e. The Balaban J connectivity index is 1.79. The van der Waals surface area contributed by atoms with Gasteiger partial charge in [-0.15, -0.1) is 0 Å². The number of nitrogens with zero attached hydrogens (tertiary/aromatic N) is 1.